The monoisotopic (exact) mass is 445 g/mol. The molecule has 5 rings (SSSR count). The largest absolute Gasteiger partial charge is 0.418 e. The van der Waals surface area contributed by atoms with Crippen LogP contribution >= 0.6 is 0 Å². The second kappa shape index (κ2) is 8.05. The minimum atomic E-state index is -4.52. The standard InChI is InChI=1S/C21H22F3N7O/c22-21(23,24)15-3-1-2-4-16(15)26-17(32)13-29-9-11-30(12-10-29)19-20-28-27-18(14-5-6-14)31(20)8-7-25-19/h1-4,7-8,14H,5-6,9-13H2,(H,26,32). The minimum Gasteiger partial charge on any atom is -0.351 e. The van der Waals surface area contributed by atoms with Gasteiger partial charge < -0.3 is 10.2 Å². The highest BCUT2D eigenvalue weighted by molar-refractivity contribution is 5.93. The number of nitrogens with one attached hydrogen (secondary N) is 1. The van der Waals surface area contributed by atoms with Crippen molar-refractivity contribution in [1.82, 2.24) is 24.5 Å². The summed E-state index contributed by atoms with van der Waals surface area (Å²) >= 11 is 0. The highest BCUT2D eigenvalue weighted by atomic mass is 19.4. The molecule has 1 saturated heterocycles. The maximum Gasteiger partial charge on any atom is 0.418 e. The number of rotatable bonds is 5. The number of nitrogens with zero attached hydrogens (tertiary/aromatic N) is 6. The van der Waals surface area contributed by atoms with Crippen molar-refractivity contribution in [1.29, 1.82) is 0 Å². The summed E-state index contributed by atoms with van der Waals surface area (Å²) in [6, 6.07) is 4.99. The van der Waals surface area contributed by atoms with Gasteiger partial charge in [-0.05, 0) is 25.0 Å². The first-order chi connectivity index (χ1) is 15.4. The summed E-state index contributed by atoms with van der Waals surface area (Å²) in [7, 11) is 0. The van der Waals surface area contributed by atoms with Crippen LogP contribution in [0.25, 0.3) is 5.65 Å². The number of hydrogen-bond acceptors (Lipinski definition) is 6. The van der Waals surface area contributed by atoms with Gasteiger partial charge in [0.25, 0.3) is 0 Å². The molecule has 3 aromatic rings. The Bertz CT molecular complexity index is 1130. The molecular formula is C21H22F3N7O. The molecule has 2 fully saturated rings. The molecule has 1 amide bonds. The lowest BCUT2D eigenvalue weighted by atomic mass is 10.1. The summed E-state index contributed by atoms with van der Waals surface area (Å²) in [5.41, 5.74) is -0.349. The fraction of sp³-hybridized carbons (Fsp3) is 0.429. The second-order valence-corrected chi connectivity index (χ2v) is 8.13. The van der Waals surface area contributed by atoms with Gasteiger partial charge in [0, 0.05) is 44.5 Å². The number of carbonyl (C=O) groups is 1. The fourth-order valence-electron chi connectivity index (χ4n) is 4.02. The number of amides is 1. The number of carbonyl (C=O) groups excluding carboxylic acids is 1. The van der Waals surface area contributed by atoms with Crippen LogP contribution in [0.3, 0.4) is 0 Å². The summed E-state index contributed by atoms with van der Waals surface area (Å²) in [4.78, 5) is 20.9. The van der Waals surface area contributed by atoms with Crippen molar-refractivity contribution >= 4 is 23.1 Å². The summed E-state index contributed by atoms with van der Waals surface area (Å²) in [6.45, 7) is 2.45. The Hall–Kier alpha value is -3.21. The van der Waals surface area contributed by atoms with Crippen molar-refractivity contribution in [2.75, 3.05) is 42.9 Å². The summed E-state index contributed by atoms with van der Waals surface area (Å²) in [5.74, 6) is 1.73. The molecule has 1 N–H and O–H groups in total. The average Bonchev–Trinajstić information content (AvgIpc) is 3.52. The Labute approximate surface area is 182 Å². The van der Waals surface area contributed by atoms with E-state index in [1.54, 1.807) is 6.20 Å². The molecule has 32 heavy (non-hydrogen) atoms. The molecule has 1 aliphatic carbocycles. The van der Waals surface area contributed by atoms with Gasteiger partial charge >= 0.3 is 6.18 Å². The van der Waals surface area contributed by atoms with Crippen LogP contribution in [-0.4, -0.2) is 63.1 Å². The van der Waals surface area contributed by atoms with Gasteiger partial charge in [-0.1, -0.05) is 12.1 Å². The van der Waals surface area contributed by atoms with Crippen molar-refractivity contribution in [2.24, 2.45) is 0 Å². The van der Waals surface area contributed by atoms with Crippen LogP contribution < -0.4 is 10.2 Å². The predicted molar refractivity (Wildman–Crippen MR) is 111 cm³/mol. The molecule has 168 valence electrons. The van der Waals surface area contributed by atoms with Crippen molar-refractivity contribution < 1.29 is 18.0 Å². The molecule has 1 saturated carbocycles. The van der Waals surface area contributed by atoms with E-state index in [1.165, 1.54) is 18.2 Å². The van der Waals surface area contributed by atoms with Gasteiger partial charge in [0.15, 0.2) is 5.82 Å². The highest BCUT2D eigenvalue weighted by Gasteiger charge is 2.34. The van der Waals surface area contributed by atoms with Gasteiger partial charge in [-0.25, -0.2) is 4.98 Å². The summed E-state index contributed by atoms with van der Waals surface area (Å²) < 4.78 is 41.4. The third kappa shape index (κ3) is 4.12. The number of piperazine rings is 1. The Morgan fingerprint density at radius 2 is 1.84 bits per heavy atom. The molecule has 1 aliphatic heterocycles. The number of fused-ring (bicyclic) bond motifs is 1. The van der Waals surface area contributed by atoms with E-state index in [0.29, 0.717) is 32.1 Å². The van der Waals surface area contributed by atoms with Crippen LogP contribution in [0.5, 0.6) is 0 Å². The molecular weight excluding hydrogens is 423 g/mol. The summed E-state index contributed by atoms with van der Waals surface area (Å²) in [5, 5.41) is 11.1. The Morgan fingerprint density at radius 1 is 1.09 bits per heavy atom. The van der Waals surface area contributed by atoms with E-state index in [9.17, 15) is 18.0 Å². The van der Waals surface area contributed by atoms with Crippen LogP contribution in [0.4, 0.5) is 24.7 Å². The molecule has 1 aromatic carbocycles. The van der Waals surface area contributed by atoms with Crippen LogP contribution in [0, 0.1) is 0 Å². The van der Waals surface area contributed by atoms with Gasteiger partial charge in [-0.15, -0.1) is 10.2 Å². The molecule has 2 aliphatic rings. The Balaban J connectivity index is 1.21. The van der Waals surface area contributed by atoms with Crippen LogP contribution in [0.15, 0.2) is 36.7 Å². The fourth-order valence-corrected chi connectivity index (χ4v) is 4.02. The lowest BCUT2D eigenvalue weighted by molar-refractivity contribution is -0.137. The van der Waals surface area contributed by atoms with E-state index in [4.69, 9.17) is 0 Å². The number of hydrogen-bond donors (Lipinski definition) is 1. The first-order valence-corrected chi connectivity index (χ1v) is 10.5. The molecule has 2 aromatic heterocycles. The number of anilines is 2. The third-order valence-corrected chi connectivity index (χ3v) is 5.82. The van der Waals surface area contributed by atoms with E-state index in [2.05, 4.69) is 25.4 Å². The molecule has 0 radical (unpaired) electrons. The minimum absolute atomic E-state index is 0.0222. The zero-order valence-corrected chi connectivity index (χ0v) is 17.2. The van der Waals surface area contributed by atoms with Crippen molar-refractivity contribution in [3.63, 3.8) is 0 Å². The van der Waals surface area contributed by atoms with Gasteiger partial charge in [0.2, 0.25) is 11.6 Å². The Kier molecular flexibility index (Phi) is 5.20. The molecule has 0 spiro atoms. The SMILES string of the molecule is O=C(CN1CCN(c2nccn3c(C4CC4)nnc23)CC1)Nc1ccccc1C(F)(F)F. The number of alkyl halides is 3. The molecule has 8 nitrogen and oxygen atoms in total. The topological polar surface area (TPSA) is 78.7 Å². The van der Waals surface area contributed by atoms with E-state index in [0.717, 1.165) is 36.2 Å². The first kappa shape index (κ1) is 20.7. The predicted octanol–water partition coefficient (Wildman–Crippen LogP) is 2.78. The molecule has 0 atom stereocenters. The summed E-state index contributed by atoms with van der Waals surface area (Å²) in [6.07, 6.45) is 1.37. The van der Waals surface area contributed by atoms with E-state index in [-0.39, 0.29) is 12.2 Å². The number of para-hydroxylation sites is 1. The van der Waals surface area contributed by atoms with Gasteiger partial charge in [-0.3, -0.25) is 14.1 Å². The van der Waals surface area contributed by atoms with E-state index >= 15 is 0 Å². The maximum absolute atomic E-state index is 13.1. The highest BCUT2D eigenvalue weighted by Crippen LogP contribution is 2.39. The van der Waals surface area contributed by atoms with Crippen molar-refractivity contribution in [3.05, 3.63) is 48.0 Å². The normalized spacial score (nSPS) is 17.7. The molecule has 0 bridgehead atoms. The third-order valence-electron chi connectivity index (χ3n) is 5.82. The lowest BCUT2D eigenvalue weighted by Crippen LogP contribution is -2.49. The molecule has 0 unspecified atom stereocenters. The zero-order chi connectivity index (χ0) is 22.3. The second-order valence-electron chi connectivity index (χ2n) is 8.13. The van der Waals surface area contributed by atoms with Gasteiger partial charge in [0.1, 0.15) is 5.82 Å². The van der Waals surface area contributed by atoms with Gasteiger partial charge in [-0.2, -0.15) is 13.2 Å². The van der Waals surface area contributed by atoms with Crippen LogP contribution in [0.1, 0.15) is 30.1 Å². The van der Waals surface area contributed by atoms with Crippen molar-refractivity contribution in [2.45, 2.75) is 24.9 Å². The Morgan fingerprint density at radius 3 is 2.56 bits per heavy atom. The smallest absolute Gasteiger partial charge is 0.351 e. The van der Waals surface area contributed by atoms with Gasteiger partial charge in [0.05, 0.1) is 17.8 Å². The van der Waals surface area contributed by atoms with E-state index < -0.39 is 17.6 Å². The number of halogens is 3. The number of aromatic nitrogens is 4. The zero-order valence-electron chi connectivity index (χ0n) is 17.2. The number of benzene rings is 1. The van der Waals surface area contributed by atoms with Crippen LogP contribution in [0.2, 0.25) is 0 Å². The van der Waals surface area contributed by atoms with Crippen LogP contribution in [-0.2, 0) is 11.0 Å². The van der Waals surface area contributed by atoms with E-state index in [1.807, 2.05) is 15.5 Å². The average molecular weight is 445 g/mol. The molecule has 3 heterocycles. The lowest BCUT2D eigenvalue weighted by Gasteiger charge is -2.34. The maximum atomic E-state index is 13.1. The molecule has 11 heteroatoms. The first-order valence-electron chi connectivity index (χ1n) is 10.5. The quantitative estimate of drug-likeness (QED) is 0.651. The van der Waals surface area contributed by atoms with Crippen molar-refractivity contribution in [3.8, 4) is 0 Å².